The number of aromatic nitrogens is 1. The average Bonchev–Trinajstić information content (AvgIpc) is 2.61. The highest BCUT2D eigenvalue weighted by atomic mass is 19.1. The van der Waals surface area contributed by atoms with Gasteiger partial charge in [-0.2, -0.15) is 0 Å². The fourth-order valence-corrected chi connectivity index (χ4v) is 2.30. The zero-order chi connectivity index (χ0) is 17.2. The molecule has 2 rings (SSSR count). The minimum atomic E-state index is -0.254. The number of carbonyl (C=O) groups excluding carboxylic acids is 1. The second kappa shape index (κ2) is 9.65. The van der Waals surface area contributed by atoms with Gasteiger partial charge in [0, 0.05) is 13.1 Å². The Morgan fingerprint density at radius 3 is 2.54 bits per heavy atom. The van der Waals surface area contributed by atoms with Crippen LogP contribution in [-0.2, 0) is 6.42 Å². The molecule has 0 unspecified atom stereocenters. The molecule has 0 saturated heterocycles. The summed E-state index contributed by atoms with van der Waals surface area (Å²) >= 11 is 0. The maximum absolute atomic E-state index is 12.8. The van der Waals surface area contributed by atoms with Crippen LogP contribution in [0.25, 0.3) is 0 Å². The normalized spacial score (nSPS) is 10.4. The summed E-state index contributed by atoms with van der Waals surface area (Å²) in [6.45, 7) is 3.58. The highest BCUT2D eigenvalue weighted by Crippen LogP contribution is 2.07. The van der Waals surface area contributed by atoms with E-state index in [9.17, 15) is 9.18 Å². The first kappa shape index (κ1) is 17.9. The number of rotatable bonds is 9. The molecule has 0 fully saturated rings. The van der Waals surface area contributed by atoms with E-state index in [1.165, 1.54) is 25.0 Å². The first-order valence-electron chi connectivity index (χ1n) is 8.41. The quantitative estimate of drug-likeness (QED) is 0.688. The third-order valence-corrected chi connectivity index (χ3v) is 3.72. The number of unbranched alkanes of at least 4 members (excludes halogenated alkanes) is 2. The third kappa shape index (κ3) is 5.99. The lowest BCUT2D eigenvalue weighted by Crippen LogP contribution is -2.26. The lowest BCUT2D eigenvalue weighted by Gasteiger charge is -2.07. The van der Waals surface area contributed by atoms with E-state index < -0.39 is 0 Å². The van der Waals surface area contributed by atoms with Crippen LogP contribution in [0.1, 0.15) is 42.2 Å². The summed E-state index contributed by atoms with van der Waals surface area (Å²) in [5, 5.41) is 6.12. The van der Waals surface area contributed by atoms with Crippen molar-refractivity contribution in [3.63, 3.8) is 0 Å². The summed E-state index contributed by atoms with van der Waals surface area (Å²) in [5.41, 5.74) is 2.30. The number of nitrogens with one attached hydrogen (secondary N) is 2. The van der Waals surface area contributed by atoms with Crippen LogP contribution in [0.2, 0.25) is 0 Å². The van der Waals surface area contributed by atoms with Gasteiger partial charge in [-0.3, -0.25) is 4.79 Å². The van der Waals surface area contributed by atoms with Gasteiger partial charge in [-0.1, -0.05) is 31.9 Å². The molecule has 24 heavy (non-hydrogen) atoms. The molecule has 1 amide bonds. The Bertz CT molecular complexity index is 626. The molecule has 0 spiro atoms. The van der Waals surface area contributed by atoms with Gasteiger partial charge in [0.2, 0.25) is 0 Å². The molecule has 0 atom stereocenters. The lowest BCUT2D eigenvalue weighted by molar-refractivity contribution is 0.0949. The van der Waals surface area contributed by atoms with Crippen molar-refractivity contribution in [3.05, 3.63) is 59.7 Å². The molecule has 0 aliphatic carbocycles. The molecule has 128 valence electrons. The van der Waals surface area contributed by atoms with Crippen LogP contribution in [0.15, 0.2) is 42.6 Å². The van der Waals surface area contributed by atoms with Crippen LogP contribution in [0, 0.1) is 5.82 Å². The number of nitrogens with zero attached hydrogens (tertiary/aromatic N) is 1. The van der Waals surface area contributed by atoms with Gasteiger partial charge in [-0.25, -0.2) is 9.37 Å². The molecule has 4 nitrogen and oxygen atoms in total. The van der Waals surface area contributed by atoms with Crippen molar-refractivity contribution in [2.45, 2.75) is 32.6 Å². The minimum absolute atomic E-state index is 0.199. The summed E-state index contributed by atoms with van der Waals surface area (Å²) < 4.78 is 12.8. The van der Waals surface area contributed by atoms with E-state index in [1.807, 2.05) is 6.07 Å². The smallest absolute Gasteiger partial charge is 0.269 e. The Balaban J connectivity index is 1.74. The van der Waals surface area contributed by atoms with Crippen LogP contribution in [0.5, 0.6) is 0 Å². The van der Waals surface area contributed by atoms with Crippen molar-refractivity contribution in [2.24, 2.45) is 0 Å². The number of carbonyl (C=O) groups is 1. The molecule has 1 heterocycles. The monoisotopic (exact) mass is 329 g/mol. The molecular weight excluding hydrogens is 305 g/mol. The summed E-state index contributed by atoms with van der Waals surface area (Å²) in [7, 11) is 0. The maximum Gasteiger partial charge on any atom is 0.269 e. The Morgan fingerprint density at radius 1 is 1.08 bits per heavy atom. The number of halogens is 1. The van der Waals surface area contributed by atoms with Crippen molar-refractivity contribution in [1.29, 1.82) is 0 Å². The number of amides is 1. The summed E-state index contributed by atoms with van der Waals surface area (Å²) in [6, 6.07) is 9.87. The van der Waals surface area contributed by atoms with Crippen molar-refractivity contribution >= 4 is 11.6 Å². The number of pyridine rings is 1. The molecule has 0 saturated carbocycles. The Morgan fingerprint density at radius 2 is 1.88 bits per heavy atom. The third-order valence-electron chi connectivity index (χ3n) is 3.72. The molecule has 2 aromatic rings. The van der Waals surface area contributed by atoms with Gasteiger partial charge in [0.05, 0.1) is 11.9 Å². The fourth-order valence-electron chi connectivity index (χ4n) is 2.30. The van der Waals surface area contributed by atoms with Crippen LogP contribution >= 0.6 is 0 Å². The first-order valence-corrected chi connectivity index (χ1v) is 8.41. The van der Waals surface area contributed by atoms with E-state index in [4.69, 9.17) is 0 Å². The SMILES string of the molecule is CCCCCNc1ccc(C(=O)NCCc2ccc(F)cc2)nc1. The van der Waals surface area contributed by atoms with Crippen LogP contribution in [0.3, 0.4) is 0 Å². The van der Waals surface area contributed by atoms with Gasteiger partial charge in [0.15, 0.2) is 0 Å². The topological polar surface area (TPSA) is 54.0 Å². The van der Waals surface area contributed by atoms with Gasteiger partial charge in [0.1, 0.15) is 11.5 Å². The van der Waals surface area contributed by atoms with Gasteiger partial charge in [-0.15, -0.1) is 0 Å². The number of anilines is 1. The van der Waals surface area contributed by atoms with Crippen LogP contribution < -0.4 is 10.6 Å². The van der Waals surface area contributed by atoms with E-state index >= 15 is 0 Å². The van der Waals surface area contributed by atoms with E-state index in [-0.39, 0.29) is 11.7 Å². The first-order chi connectivity index (χ1) is 11.7. The molecule has 0 aliphatic heterocycles. The van der Waals surface area contributed by atoms with Gasteiger partial charge < -0.3 is 10.6 Å². The molecule has 0 bridgehead atoms. The minimum Gasteiger partial charge on any atom is -0.384 e. The molecule has 5 heteroatoms. The Kier molecular flexibility index (Phi) is 7.21. The largest absolute Gasteiger partial charge is 0.384 e. The molecule has 0 radical (unpaired) electrons. The molecule has 1 aromatic heterocycles. The van der Waals surface area contributed by atoms with E-state index in [2.05, 4.69) is 22.5 Å². The second-order valence-electron chi connectivity index (χ2n) is 5.70. The standard InChI is InChI=1S/C19H24FN3O/c1-2-3-4-12-21-17-9-10-18(23-14-17)19(24)22-13-11-15-5-7-16(20)8-6-15/h5-10,14,21H,2-4,11-13H2,1H3,(H,22,24). The second-order valence-corrected chi connectivity index (χ2v) is 5.70. The van der Waals surface area contributed by atoms with Crippen molar-refractivity contribution in [3.8, 4) is 0 Å². The zero-order valence-corrected chi connectivity index (χ0v) is 14.0. The molecular formula is C19H24FN3O. The summed E-state index contributed by atoms with van der Waals surface area (Å²) in [5.74, 6) is -0.454. The van der Waals surface area contributed by atoms with Crippen LogP contribution in [0.4, 0.5) is 10.1 Å². The van der Waals surface area contributed by atoms with Gasteiger partial charge >= 0.3 is 0 Å². The summed E-state index contributed by atoms with van der Waals surface area (Å²) in [6.07, 6.45) is 5.86. The molecule has 0 aliphatic rings. The summed E-state index contributed by atoms with van der Waals surface area (Å²) in [4.78, 5) is 16.2. The number of hydrogen-bond donors (Lipinski definition) is 2. The van der Waals surface area contributed by atoms with Crippen molar-refractivity contribution in [1.82, 2.24) is 10.3 Å². The number of hydrogen-bond acceptors (Lipinski definition) is 3. The highest BCUT2D eigenvalue weighted by molar-refractivity contribution is 5.92. The van der Waals surface area contributed by atoms with Crippen molar-refractivity contribution < 1.29 is 9.18 Å². The van der Waals surface area contributed by atoms with E-state index in [1.54, 1.807) is 24.4 Å². The van der Waals surface area contributed by atoms with Crippen LogP contribution in [-0.4, -0.2) is 24.0 Å². The Labute approximate surface area is 142 Å². The maximum atomic E-state index is 12.8. The van der Waals surface area contributed by atoms with Crippen molar-refractivity contribution in [2.75, 3.05) is 18.4 Å². The predicted molar refractivity (Wildman–Crippen MR) is 94.7 cm³/mol. The van der Waals surface area contributed by atoms with Gasteiger partial charge in [-0.05, 0) is 42.7 Å². The average molecular weight is 329 g/mol. The van der Waals surface area contributed by atoms with Gasteiger partial charge in [0.25, 0.3) is 5.91 Å². The van der Waals surface area contributed by atoms with E-state index in [0.717, 1.165) is 24.2 Å². The highest BCUT2D eigenvalue weighted by Gasteiger charge is 2.06. The molecule has 1 aromatic carbocycles. The molecule has 2 N–H and O–H groups in total. The number of benzene rings is 1. The van der Waals surface area contributed by atoms with E-state index in [0.29, 0.717) is 18.7 Å². The zero-order valence-electron chi connectivity index (χ0n) is 14.0. The fraction of sp³-hybridized carbons (Fsp3) is 0.368. The lowest BCUT2D eigenvalue weighted by atomic mass is 10.1. The Hall–Kier alpha value is -2.43. The predicted octanol–water partition coefficient (Wildman–Crippen LogP) is 3.80.